The van der Waals surface area contributed by atoms with Crippen LogP contribution in [-0.2, 0) is 16.0 Å². The van der Waals surface area contributed by atoms with Gasteiger partial charge >= 0.3 is 0 Å². The molecule has 3 atom stereocenters. The molecular weight excluding hydrogens is 316 g/mol. The smallest absolute Gasteiger partial charge is 0.0900 e. The zero-order chi connectivity index (χ0) is 17.5. The summed E-state index contributed by atoms with van der Waals surface area (Å²) >= 11 is 0. The van der Waals surface area contributed by atoms with Gasteiger partial charge in [0.15, 0.2) is 0 Å². The van der Waals surface area contributed by atoms with Crippen molar-refractivity contribution in [1.29, 1.82) is 0 Å². The van der Waals surface area contributed by atoms with Crippen LogP contribution in [0.15, 0.2) is 30.3 Å². The van der Waals surface area contributed by atoms with Crippen LogP contribution in [0, 0.1) is 0 Å². The van der Waals surface area contributed by atoms with E-state index in [4.69, 9.17) is 9.47 Å². The molecule has 0 radical (unpaired) electrons. The highest BCUT2D eigenvalue weighted by atomic mass is 16.5. The average molecular weight is 348 g/mol. The van der Waals surface area contributed by atoms with E-state index < -0.39 is 6.10 Å². The maximum absolute atomic E-state index is 10.3. The van der Waals surface area contributed by atoms with Gasteiger partial charge in [-0.25, -0.2) is 0 Å². The molecule has 2 fully saturated rings. The van der Waals surface area contributed by atoms with E-state index in [2.05, 4.69) is 47.1 Å². The molecular formula is C20H32N2O3. The molecule has 2 unspecified atom stereocenters. The lowest BCUT2D eigenvalue weighted by Crippen LogP contribution is -2.53. The van der Waals surface area contributed by atoms with Crippen LogP contribution in [0.3, 0.4) is 0 Å². The summed E-state index contributed by atoms with van der Waals surface area (Å²) in [5.41, 5.74) is 1.37. The Bertz CT molecular complexity index is 493. The van der Waals surface area contributed by atoms with Gasteiger partial charge in [-0.05, 0) is 25.3 Å². The van der Waals surface area contributed by atoms with E-state index in [0.29, 0.717) is 25.8 Å². The Balaban J connectivity index is 1.34. The lowest BCUT2D eigenvalue weighted by atomic mass is 10.1. The van der Waals surface area contributed by atoms with E-state index in [-0.39, 0.29) is 6.10 Å². The third-order valence-corrected chi connectivity index (χ3v) is 5.18. The van der Waals surface area contributed by atoms with Crippen molar-refractivity contribution in [2.75, 3.05) is 46.0 Å². The minimum Gasteiger partial charge on any atom is -0.389 e. The largest absolute Gasteiger partial charge is 0.389 e. The molecule has 1 N–H and O–H groups in total. The van der Waals surface area contributed by atoms with Gasteiger partial charge in [0.25, 0.3) is 0 Å². The van der Waals surface area contributed by atoms with E-state index in [1.54, 1.807) is 0 Å². The van der Waals surface area contributed by atoms with Crippen LogP contribution >= 0.6 is 0 Å². The molecule has 25 heavy (non-hydrogen) atoms. The third-order valence-electron chi connectivity index (χ3n) is 5.18. The van der Waals surface area contributed by atoms with Gasteiger partial charge in [-0.2, -0.15) is 0 Å². The molecule has 1 aromatic carbocycles. The first-order valence-electron chi connectivity index (χ1n) is 9.58. The van der Waals surface area contributed by atoms with Crippen LogP contribution in [0.2, 0.25) is 0 Å². The van der Waals surface area contributed by atoms with E-state index in [1.165, 1.54) is 5.56 Å². The van der Waals surface area contributed by atoms with Crippen molar-refractivity contribution in [1.82, 2.24) is 9.80 Å². The fourth-order valence-corrected chi connectivity index (χ4v) is 3.76. The van der Waals surface area contributed by atoms with Crippen molar-refractivity contribution in [3.63, 3.8) is 0 Å². The highest BCUT2D eigenvalue weighted by molar-refractivity contribution is 5.14. The zero-order valence-electron chi connectivity index (χ0n) is 15.3. The second-order valence-electron chi connectivity index (χ2n) is 7.39. The van der Waals surface area contributed by atoms with Crippen molar-refractivity contribution in [2.45, 2.75) is 44.6 Å². The number of aliphatic hydroxyl groups excluding tert-OH is 1. The number of piperazine rings is 1. The Kier molecular flexibility index (Phi) is 7.25. The molecule has 2 aliphatic rings. The van der Waals surface area contributed by atoms with Gasteiger partial charge < -0.3 is 14.6 Å². The predicted molar refractivity (Wildman–Crippen MR) is 98.6 cm³/mol. The zero-order valence-corrected chi connectivity index (χ0v) is 15.3. The summed E-state index contributed by atoms with van der Waals surface area (Å²) in [6.45, 7) is 8.88. The van der Waals surface area contributed by atoms with Gasteiger partial charge in [-0.3, -0.25) is 9.80 Å². The summed E-state index contributed by atoms with van der Waals surface area (Å²) in [6.07, 6.45) is 2.01. The van der Waals surface area contributed by atoms with Crippen LogP contribution in [0.4, 0.5) is 0 Å². The number of hydrogen-bond donors (Lipinski definition) is 1. The highest BCUT2D eigenvalue weighted by Crippen LogP contribution is 2.14. The topological polar surface area (TPSA) is 45.2 Å². The van der Waals surface area contributed by atoms with Crippen LogP contribution in [0.1, 0.15) is 25.3 Å². The van der Waals surface area contributed by atoms with Crippen LogP contribution in [0.25, 0.3) is 0 Å². The first-order valence-corrected chi connectivity index (χ1v) is 9.58. The number of ether oxygens (including phenoxy) is 2. The SMILES string of the molecule is C[C@@H]1CN(Cc2ccccc2)CCN1CC(O)COCC1CCCO1. The van der Waals surface area contributed by atoms with E-state index in [9.17, 15) is 5.11 Å². The Labute approximate surface area is 151 Å². The number of rotatable bonds is 8. The van der Waals surface area contributed by atoms with Gasteiger partial charge in [0.1, 0.15) is 0 Å². The Morgan fingerprint density at radius 3 is 2.84 bits per heavy atom. The Hall–Kier alpha value is -0.980. The Morgan fingerprint density at radius 2 is 2.12 bits per heavy atom. The third kappa shape index (κ3) is 6.04. The molecule has 0 spiro atoms. The standard InChI is InChI=1S/C20H32N2O3/c1-17-12-21(13-18-6-3-2-4-7-18)9-10-22(17)14-19(23)15-24-16-20-8-5-11-25-20/h2-4,6-7,17,19-20,23H,5,8-16H2,1H3/t17-,19?,20?/m1/s1. The second kappa shape index (κ2) is 9.64. The summed E-state index contributed by atoms with van der Waals surface area (Å²) in [5.74, 6) is 0. The first kappa shape index (κ1) is 18.8. The highest BCUT2D eigenvalue weighted by Gasteiger charge is 2.25. The average Bonchev–Trinajstić information content (AvgIpc) is 3.12. The normalized spacial score (nSPS) is 26.8. The van der Waals surface area contributed by atoms with Crippen molar-refractivity contribution in [3.8, 4) is 0 Å². The number of benzene rings is 1. The second-order valence-corrected chi connectivity index (χ2v) is 7.39. The molecule has 140 valence electrons. The van der Waals surface area contributed by atoms with Crippen LogP contribution in [-0.4, -0.2) is 79.2 Å². The molecule has 0 amide bonds. The molecule has 0 aliphatic carbocycles. The molecule has 2 heterocycles. The minimum atomic E-state index is -0.426. The van der Waals surface area contributed by atoms with Crippen molar-refractivity contribution in [2.24, 2.45) is 0 Å². The predicted octanol–water partition coefficient (Wildman–Crippen LogP) is 1.75. The molecule has 5 heteroatoms. The number of nitrogens with zero attached hydrogens (tertiary/aromatic N) is 2. The van der Waals surface area contributed by atoms with Crippen LogP contribution < -0.4 is 0 Å². The lowest BCUT2D eigenvalue weighted by Gasteiger charge is -2.40. The molecule has 2 saturated heterocycles. The summed E-state index contributed by atoms with van der Waals surface area (Å²) in [6, 6.07) is 11.1. The van der Waals surface area contributed by atoms with E-state index >= 15 is 0 Å². The summed E-state index contributed by atoms with van der Waals surface area (Å²) in [5, 5.41) is 10.3. The van der Waals surface area contributed by atoms with Gasteiger partial charge in [0.2, 0.25) is 0 Å². The molecule has 0 aromatic heterocycles. The first-order chi connectivity index (χ1) is 12.2. The number of aliphatic hydroxyl groups is 1. The molecule has 0 saturated carbocycles. The lowest BCUT2D eigenvalue weighted by molar-refractivity contribution is -0.0348. The van der Waals surface area contributed by atoms with Crippen LogP contribution in [0.5, 0.6) is 0 Å². The molecule has 2 aliphatic heterocycles. The molecule has 3 rings (SSSR count). The fraction of sp³-hybridized carbons (Fsp3) is 0.700. The molecule has 5 nitrogen and oxygen atoms in total. The molecule has 1 aromatic rings. The summed E-state index contributed by atoms with van der Waals surface area (Å²) in [4.78, 5) is 4.87. The monoisotopic (exact) mass is 348 g/mol. The van der Waals surface area contributed by atoms with Crippen molar-refractivity contribution in [3.05, 3.63) is 35.9 Å². The summed E-state index contributed by atoms with van der Waals surface area (Å²) in [7, 11) is 0. The maximum atomic E-state index is 10.3. The van der Waals surface area contributed by atoms with Gasteiger partial charge in [0.05, 0.1) is 25.4 Å². The number of β-amino-alcohol motifs (C(OH)–C–C–N with tert-alkyl or cyclic N) is 1. The van der Waals surface area contributed by atoms with Gasteiger partial charge in [-0.1, -0.05) is 30.3 Å². The van der Waals surface area contributed by atoms with Crippen molar-refractivity contribution < 1.29 is 14.6 Å². The van der Waals surface area contributed by atoms with Gasteiger partial charge in [0, 0.05) is 45.4 Å². The van der Waals surface area contributed by atoms with Crippen molar-refractivity contribution >= 4 is 0 Å². The quantitative estimate of drug-likeness (QED) is 0.775. The maximum Gasteiger partial charge on any atom is 0.0900 e. The Morgan fingerprint density at radius 1 is 1.28 bits per heavy atom. The van der Waals surface area contributed by atoms with E-state index in [1.807, 2.05) is 0 Å². The minimum absolute atomic E-state index is 0.229. The summed E-state index contributed by atoms with van der Waals surface area (Å²) < 4.78 is 11.2. The molecule has 0 bridgehead atoms. The number of hydrogen-bond acceptors (Lipinski definition) is 5. The van der Waals surface area contributed by atoms with Gasteiger partial charge in [-0.15, -0.1) is 0 Å². The fourth-order valence-electron chi connectivity index (χ4n) is 3.76. The van der Waals surface area contributed by atoms with E-state index in [0.717, 1.165) is 45.6 Å².